The van der Waals surface area contributed by atoms with Gasteiger partial charge in [-0.05, 0) is 25.0 Å². The van der Waals surface area contributed by atoms with Crippen LogP contribution in [0.15, 0.2) is 30.3 Å². The van der Waals surface area contributed by atoms with Gasteiger partial charge in [-0.2, -0.15) is 0 Å². The average Bonchev–Trinajstić information content (AvgIpc) is 2.61. The molecule has 7 heteroatoms. The highest BCUT2D eigenvalue weighted by Gasteiger charge is 2.44. The largest absolute Gasteiger partial charge is 0.394 e. The standard InChI is InChI=1S/C17H22O7/c1-2-22-13(9-8-11-6-4-3-5-7-11)24-17-16(21)15(20)14(19)12(10-18)23-17/h3-7,12-21H,2,10H2,1H3/t12-,13+,14-,15+,16-,17+/m1/s1. The number of aliphatic hydroxyl groups is 4. The highest BCUT2D eigenvalue weighted by molar-refractivity contribution is 5.34. The van der Waals surface area contributed by atoms with Crippen LogP contribution in [0.2, 0.25) is 0 Å². The number of benzene rings is 1. The fraction of sp³-hybridized carbons (Fsp3) is 0.529. The second-order valence-electron chi connectivity index (χ2n) is 5.26. The Morgan fingerprint density at radius 1 is 1.12 bits per heavy atom. The highest BCUT2D eigenvalue weighted by atomic mass is 16.8. The van der Waals surface area contributed by atoms with Gasteiger partial charge in [0.15, 0.2) is 6.29 Å². The summed E-state index contributed by atoms with van der Waals surface area (Å²) in [5.74, 6) is 5.65. The van der Waals surface area contributed by atoms with Crippen LogP contribution in [-0.2, 0) is 14.2 Å². The molecule has 0 unspecified atom stereocenters. The van der Waals surface area contributed by atoms with Crippen molar-refractivity contribution < 1.29 is 34.6 Å². The monoisotopic (exact) mass is 338 g/mol. The zero-order chi connectivity index (χ0) is 17.5. The normalized spacial score (nSPS) is 31.1. The van der Waals surface area contributed by atoms with Gasteiger partial charge >= 0.3 is 0 Å². The van der Waals surface area contributed by atoms with E-state index >= 15 is 0 Å². The summed E-state index contributed by atoms with van der Waals surface area (Å²) in [6.07, 6.45) is -7.78. The fourth-order valence-electron chi connectivity index (χ4n) is 2.23. The smallest absolute Gasteiger partial charge is 0.225 e. The molecule has 0 spiro atoms. The van der Waals surface area contributed by atoms with Crippen LogP contribution < -0.4 is 0 Å². The Morgan fingerprint density at radius 2 is 1.83 bits per heavy atom. The molecular weight excluding hydrogens is 316 g/mol. The van der Waals surface area contributed by atoms with Gasteiger partial charge in [0.05, 0.1) is 6.61 Å². The van der Waals surface area contributed by atoms with Crippen LogP contribution in [0.1, 0.15) is 12.5 Å². The minimum absolute atomic E-state index is 0.311. The second-order valence-corrected chi connectivity index (χ2v) is 5.26. The summed E-state index contributed by atoms with van der Waals surface area (Å²) >= 11 is 0. The van der Waals surface area contributed by atoms with Crippen molar-refractivity contribution in [3.8, 4) is 11.8 Å². The van der Waals surface area contributed by atoms with E-state index < -0.39 is 43.6 Å². The molecule has 0 bridgehead atoms. The molecule has 1 saturated heterocycles. The van der Waals surface area contributed by atoms with Crippen LogP contribution in [0.4, 0.5) is 0 Å². The van der Waals surface area contributed by atoms with E-state index in [1.807, 2.05) is 30.3 Å². The Morgan fingerprint density at radius 3 is 2.46 bits per heavy atom. The van der Waals surface area contributed by atoms with E-state index in [2.05, 4.69) is 11.8 Å². The van der Waals surface area contributed by atoms with Crippen molar-refractivity contribution in [1.29, 1.82) is 0 Å². The van der Waals surface area contributed by atoms with Crippen molar-refractivity contribution in [2.24, 2.45) is 0 Å². The maximum Gasteiger partial charge on any atom is 0.225 e. The van der Waals surface area contributed by atoms with Crippen LogP contribution in [0, 0.1) is 11.8 Å². The topological polar surface area (TPSA) is 109 Å². The van der Waals surface area contributed by atoms with Crippen LogP contribution >= 0.6 is 0 Å². The third kappa shape index (κ3) is 4.75. The van der Waals surface area contributed by atoms with Crippen molar-refractivity contribution in [3.63, 3.8) is 0 Å². The predicted molar refractivity (Wildman–Crippen MR) is 83.6 cm³/mol. The number of hydrogen-bond acceptors (Lipinski definition) is 7. The van der Waals surface area contributed by atoms with Gasteiger partial charge in [-0.3, -0.25) is 0 Å². The molecule has 0 aromatic heterocycles. The van der Waals surface area contributed by atoms with E-state index in [0.717, 1.165) is 5.56 Å². The molecule has 24 heavy (non-hydrogen) atoms. The lowest BCUT2D eigenvalue weighted by molar-refractivity contribution is -0.327. The number of rotatable bonds is 5. The third-order valence-electron chi connectivity index (χ3n) is 3.53. The molecular formula is C17H22O7. The van der Waals surface area contributed by atoms with Gasteiger partial charge in [0.25, 0.3) is 0 Å². The van der Waals surface area contributed by atoms with Gasteiger partial charge in [0.2, 0.25) is 6.29 Å². The summed E-state index contributed by atoms with van der Waals surface area (Å²) < 4.78 is 16.1. The molecule has 0 aliphatic carbocycles. The molecule has 1 fully saturated rings. The molecule has 1 heterocycles. The summed E-state index contributed by atoms with van der Waals surface area (Å²) in [5, 5.41) is 38.7. The third-order valence-corrected chi connectivity index (χ3v) is 3.53. The van der Waals surface area contributed by atoms with Crippen LogP contribution in [0.3, 0.4) is 0 Å². The average molecular weight is 338 g/mol. The summed E-state index contributed by atoms with van der Waals surface area (Å²) in [6, 6.07) is 9.21. The van der Waals surface area contributed by atoms with Crippen molar-refractivity contribution >= 4 is 0 Å². The van der Waals surface area contributed by atoms with E-state index in [9.17, 15) is 20.4 Å². The molecule has 0 amide bonds. The number of aliphatic hydroxyl groups excluding tert-OH is 4. The van der Waals surface area contributed by atoms with E-state index in [1.54, 1.807) is 6.92 Å². The Hall–Kier alpha value is -1.50. The molecule has 6 atom stereocenters. The summed E-state index contributed by atoms with van der Waals surface area (Å²) in [5.41, 5.74) is 0.764. The predicted octanol–water partition coefficient (Wildman–Crippen LogP) is -0.783. The molecule has 132 valence electrons. The van der Waals surface area contributed by atoms with Gasteiger partial charge < -0.3 is 34.6 Å². The fourth-order valence-corrected chi connectivity index (χ4v) is 2.23. The van der Waals surface area contributed by atoms with Crippen molar-refractivity contribution in [1.82, 2.24) is 0 Å². The SMILES string of the molecule is CCO[C@H](C#Cc1ccccc1)O[C@@H]1O[C@H](CO)[C@@H](O)[C@H](O)[C@H]1O. The minimum atomic E-state index is -1.51. The quantitative estimate of drug-likeness (QED) is 0.412. The van der Waals surface area contributed by atoms with Gasteiger partial charge in [-0.1, -0.05) is 24.1 Å². The maximum absolute atomic E-state index is 9.98. The van der Waals surface area contributed by atoms with Crippen molar-refractivity contribution in [2.45, 2.75) is 43.9 Å². The van der Waals surface area contributed by atoms with E-state index in [0.29, 0.717) is 6.61 Å². The molecule has 1 aromatic carbocycles. The molecule has 0 saturated carbocycles. The lowest BCUT2D eigenvalue weighted by atomic mass is 9.99. The second kappa shape index (κ2) is 9.11. The summed E-state index contributed by atoms with van der Waals surface area (Å²) in [4.78, 5) is 0. The van der Waals surface area contributed by atoms with Gasteiger partial charge in [0, 0.05) is 12.2 Å². The first-order valence-electron chi connectivity index (χ1n) is 7.71. The Balaban J connectivity index is 2.08. The van der Waals surface area contributed by atoms with Crippen LogP contribution in [-0.4, -0.2) is 70.6 Å². The molecule has 2 rings (SSSR count). The lowest BCUT2D eigenvalue weighted by Gasteiger charge is -2.40. The minimum Gasteiger partial charge on any atom is -0.394 e. The Bertz CT molecular complexity index is 551. The van der Waals surface area contributed by atoms with E-state index in [-0.39, 0.29) is 0 Å². The Labute approximate surface area is 140 Å². The first-order chi connectivity index (χ1) is 11.6. The number of ether oxygens (including phenoxy) is 3. The zero-order valence-electron chi connectivity index (χ0n) is 13.3. The molecule has 0 radical (unpaired) electrons. The molecule has 7 nitrogen and oxygen atoms in total. The molecule has 1 aliphatic rings. The summed E-state index contributed by atoms with van der Waals surface area (Å²) in [6.45, 7) is 1.54. The first kappa shape index (κ1) is 18.8. The zero-order valence-corrected chi connectivity index (χ0v) is 13.3. The van der Waals surface area contributed by atoms with Gasteiger partial charge in [-0.25, -0.2) is 0 Å². The first-order valence-corrected chi connectivity index (χ1v) is 7.71. The van der Waals surface area contributed by atoms with Gasteiger partial charge in [-0.15, -0.1) is 0 Å². The number of hydrogen-bond donors (Lipinski definition) is 4. The molecule has 1 aromatic rings. The van der Waals surface area contributed by atoms with E-state index in [4.69, 9.17) is 14.2 Å². The van der Waals surface area contributed by atoms with Crippen molar-refractivity contribution in [3.05, 3.63) is 35.9 Å². The maximum atomic E-state index is 9.98. The Kier molecular flexibility index (Phi) is 7.15. The van der Waals surface area contributed by atoms with Gasteiger partial charge in [0.1, 0.15) is 24.4 Å². The van der Waals surface area contributed by atoms with Crippen LogP contribution in [0.5, 0.6) is 0 Å². The summed E-state index contributed by atoms with van der Waals surface area (Å²) in [7, 11) is 0. The van der Waals surface area contributed by atoms with Crippen molar-refractivity contribution in [2.75, 3.05) is 13.2 Å². The van der Waals surface area contributed by atoms with Crippen LogP contribution in [0.25, 0.3) is 0 Å². The molecule has 1 aliphatic heterocycles. The molecule has 4 N–H and O–H groups in total. The lowest BCUT2D eigenvalue weighted by Crippen LogP contribution is -2.59. The van der Waals surface area contributed by atoms with E-state index in [1.165, 1.54) is 0 Å². The highest BCUT2D eigenvalue weighted by Crippen LogP contribution is 2.23.